The second kappa shape index (κ2) is 5.43. The SMILES string of the molecule is Cn1nccc1C(=O)N(CC(=O)O)c1ccccc1N. The van der Waals surface area contributed by atoms with E-state index in [2.05, 4.69) is 5.10 Å². The lowest BCUT2D eigenvalue weighted by Crippen LogP contribution is -2.37. The van der Waals surface area contributed by atoms with Crippen molar-refractivity contribution in [1.82, 2.24) is 9.78 Å². The van der Waals surface area contributed by atoms with Gasteiger partial charge in [0.15, 0.2) is 0 Å². The van der Waals surface area contributed by atoms with Crippen molar-refractivity contribution in [3.8, 4) is 0 Å². The summed E-state index contributed by atoms with van der Waals surface area (Å²) >= 11 is 0. The Kier molecular flexibility index (Phi) is 3.69. The summed E-state index contributed by atoms with van der Waals surface area (Å²) in [6, 6.07) is 8.15. The number of nitrogens with two attached hydrogens (primary N) is 1. The molecule has 1 aromatic heterocycles. The molecule has 0 unspecified atom stereocenters. The van der Waals surface area contributed by atoms with Crippen LogP contribution in [-0.4, -0.2) is 33.3 Å². The molecule has 0 aliphatic heterocycles. The summed E-state index contributed by atoms with van der Waals surface area (Å²) in [4.78, 5) is 24.6. The molecule has 1 heterocycles. The quantitative estimate of drug-likeness (QED) is 0.800. The topological polar surface area (TPSA) is 101 Å². The summed E-state index contributed by atoms with van der Waals surface area (Å²) in [6.07, 6.45) is 1.47. The van der Waals surface area contributed by atoms with Crippen LogP contribution < -0.4 is 10.6 Å². The summed E-state index contributed by atoms with van der Waals surface area (Å²) < 4.78 is 1.39. The Morgan fingerprint density at radius 1 is 1.35 bits per heavy atom. The average molecular weight is 274 g/mol. The number of benzene rings is 1. The van der Waals surface area contributed by atoms with E-state index in [0.717, 1.165) is 4.90 Å². The number of carboxylic acids is 1. The Morgan fingerprint density at radius 3 is 2.60 bits per heavy atom. The van der Waals surface area contributed by atoms with Gasteiger partial charge in [0.1, 0.15) is 12.2 Å². The van der Waals surface area contributed by atoms with Crippen LogP contribution in [0.15, 0.2) is 36.5 Å². The van der Waals surface area contributed by atoms with Crippen LogP contribution in [0.1, 0.15) is 10.5 Å². The molecule has 0 fully saturated rings. The second-order valence-electron chi connectivity index (χ2n) is 4.18. The molecule has 7 heteroatoms. The summed E-state index contributed by atoms with van der Waals surface area (Å²) in [5, 5.41) is 12.9. The van der Waals surface area contributed by atoms with Gasteiger partial charge in [-0.05, 0) is 18.2 Å². The second-order valence-corrected chi connectivity index (χ2v) is 4.18. The van der Waals surface area contributed by atoms with Crippen LogP contribution in [0.5, 0.6) is 0 Å². The van der Waals surface area contributed by atoms with Crippen molar-refractivity contribution in [3.63, 3.8) is 0 Å². The largest absolute Gasteiger partial charge is 0.480 e. The van der Waals surface area contributed by atoms with E-state index in [9.17, 15) is 9.59 Å². The Labute approximate surface area is 115 Å². The minimum absolute atomic E-state index is 0.287. The molecular weight excluding hydrogens is 260 g/mol. The van der Waals surface area contributed by atoms with Crippen molar-refractivity contribution in [2.75, 3.05) is 17.2 Å². The van der Waals surface area contributed by atoms with Crippen molar-refractivity contribution < 1.29 is 14.7 Å². The van der Waals surface area contributed by atoms with Gasteiger partial charge in [-0.2, -0.15) is 5.10 Å². The van der Waals surface area contributed by atoms with Crippen molar-refractivity contribution in [1.29, 1.82) is 0 Å². The lowest BCUT2D eigenvalue weighted by atomic mass is 10.2. The zero-order chi connectivity index (χ0) is 14.7. The highest BCUT2D eigenvalue weighted by molar-refractivity contribution is 6.08. The third-order valence-corrected chi connectivity index (χ3v) is 2.81. The molecule has 2 rings (SSSR count). The Bertz CT molecular complexity index is 651. The Morgan fingerprint density at radius 2 is 2.05 bits per heavy atom. The Hall–Kier alpha value is -2.83. The van der Waals surface area contributed by atoms with Gasteiger partial charge in [0, 0.05) is 13.2 Å². The first-order valence-electron chi connectivity index (χ1n) is 5.87. The summed E-state index contributed by atoms with van der Waals surface area (Å²) in [5.74, 6) is -1.59. The van der Waals surface area contributed by atoms with Crippen LogP contribution in [0.25, 0.3) is 0 Å². The Balaban J connectivity index is 2.43. The van der Waals surface area contributed by atoms with Gasteiger partial charge in [-0.3, -0.25) is 19.2 Å². The molecule has 0 aliphatic rings. The molecule has 1 aromatic carbocycles. The summed E-state index contributed by atoms with van der Waals surface area (Å²) in [7, 11) is 1.61. The van der Waals surface area contributed by atoms with E-state index in [-0.39, 0.29) is 5.69 Å². The predicted octanol–water partition coefficient (Wildman–Crippen LogP) is 0.734. The number of nitrogen functional groups attached to an aromatic ring is 1. The lowest BCUT2D eigenvalue weighted by Gasteiger charge is -2.22. The van der Waals surface area contributed by atoms with Crippen molar-refractivity contribution in [2.45, 2.75) is 0 Å². The van der Waals surface area contributed by atoms with Crippen molar-refractivity contribution in [2.24, 2.45) is 7.05 Å². The highest BCUT2D eigenvalue weighted by Gasteiger charge is 2.24. The molecule has 0 saturated heterocycles. The van der Waals surface area contributed by atoms with Gasteiger partial charge in [-0.25, -0.2) is 0 Å². The number of nitrogens with zero attached hydrogens (tertiary/aromatic N) is 3. The molecule has 7 nitrogen and oxygen atoms in total. The maximum atomic E-state index is 12.5. The zero-order valence-corrected chi connectivity index (χ0v) is 10.9. The third-order valence-electron chi connectivity index (χ3n) is 2.81. The van der Waals surface area contributed by atoms with Gasteiger partial charge < -0.3 is 10.8 Å². The number of carbonyl (C=O) groups is 2. The van der Waals surface area contributed by atoms with Gasteiger partial charge in [0.2, 0.25) is 0 Å². The number of para-hydroxylation sites is 2. The normalized spacial score (nSPS) is 10.2. The number of aryl methyl sites for hydroxylation is 1. The van der Waals surface area contributed by atoms with E-state index >= 15 is 0 Å². The average Bonchev–Trinajstić information content (AvgIpc) is 2.82. The number of carboxylic acid groups (broad SMARTS) is 1. The highest BCUT2D eigenvalue weighted by atomic mass is 16.4. The molecule has 0 aliphatic carbocycles. The first kappa shape index (κ1) is 13.6. The summed E-state index contributed by atoms with van der Waals surface area (Å²) in [6.45, 7) is -0.474. The number of aromatic nitrogens is 2. The van der Waals surface area contributed by atoms with Crippen LogP contribution in [0.2, 0.25) is 0 Å². The zero-order valence-electron chi connectivity index (χ0n) is 10.9. The number of hydrogen-bond acceptors (Lipinski definition) is 4. The molecule has 0 saturated carbocycles. The number of amides is 1. The molecule has 20 heavy (non-hydrogen) atoms. The monoisotopic (exact) mass is 274 g/mol. The van der Waals surface area contributed by atoms with Gasteiger partial charge >= 0.3 is 5.97 Å². The van der Waals surface area contributed by atoms with Crippen molar-refractivity contribution >= 4 is 23.3 Å². The molecule has 0 bridgehead atoms. The molecule has 0 spiro atoms. The molecule has 104 valence electrons. The number of anilines is 2. The van der Waals surface area contributed by atoms with E-state index in [0.29, 0.717) is 11.4 Å². The minimum Gasteiger partial charge on any atom is -0.480 e. The fourth-order valence-corrected chi connectivity index (χ4v) is 1.86. The van der Waals surface area contributed by atoms with E-state index < -0.39 is 18.4 Å². The highest BCUT2D eigenvalue weighted by Crippen LogP contribution is 2.24. The van der Waals surface area contributed by atoms with Gasteiger partial charge in [0.05, 0.1) is 11.4 Å². The van der Waals surface area contributed by atoms with E-state index in [1.165, 1.54) is 16.9 Å². The first-order chi connectivity index (χ1) is 9.50. The molecule has 3 N–H and O–H groups in total. The lowest BCUT2D eigenvalue weighted by molar-refractivity contribution is -0.135. The maximum absolute atomic E-state index is 12.5. The molecule has 2 aromatic rings. The molecule has 1 amide bonds. The first-order valence-corrected chi connectivity index (χ1v) is 5.87. The summed E-state index contributed by atoms with van der Waals surface area (Å²) in [5.41, 5.74) is 6.80. The third kappa shape index (κ3) is 2.61. The van der Waals surface area contributed by atoms with E-state index in [4.69, 9.17) is 10.8 Å². The number of hydrogen-bond donors (Lipinski definition) is 2. The van der Waals surface area contributed by atoms with Gasteiger partial charge in [0.25, 0.3) is 5.91 Å². The van der Waals surface area contributed by atoms with Gasteiger partial charge in [-0.15, -0.1) is 0 Å². The van der Waals surface area contributed by atoms with Crippen LogP contribution in [0.3, 0.4) is 0 Å². The maximum Gasteiger partial charge on any atom is 0.323 e. The fraction of sp³-hybridized carbons (Fsp3) is 0.154. The molecule has 0 radical (unpaired) electrons. The van der Waals surface area contributed by atoms with E-state index in [1.54, 1.807) is 31.3 Å². The van der Waals surface area contributed by atoms with Crippen LogP contribution in [-0.2, 0) is 11.8 Å². The minimum atomic E-state index is -1.12. The fourth-order valence-electron chi connectivity index (χ4n) is 1.86. The van der Waals surface area contributed by atoms with Crippen molar-refractivity contribution in [3.05, 3.63) is 42.2 Å². The number of rotatable bonds is 4. The van der Waals surface area contributed by atoms with Crippen LogP contribution in [0, 0.1) is 0 Å². The smallest absolute Gasteiger partial charge is 0.323 e. The standard InChI is InChI=1S/C13H14N4O3/c1-16-11(6-7-15-16)13(20)17(8-12(18)19)10-5-3-2-4-9(10)14/h2-7H,8,14H2,1H3,(H,18,19). The van der Waals surface area contributed by atoms with Crippen LogP contribution in [0.4, 0.5) is 11.4 Å². The predicted molar refractivity (Wildman–Crippen MR) is 73.4 cm³/mol. The van der Waals surface area contributed by atoms with Crippen LogP contribution >= 0.6 is 0 Å². The number of carbonyl (C=O) groups excluding carboxylic acids is 1. The van der Waals surface area contributed by atoms with Gasteiger partial charge in [-0.1, -0.05) is 12.1 Å². The molecule has 0 atom stereocenters. The van der Waals surface area contributed by atoms with E-state index in [1.807, 2.05) is 0 Å². The number of aliphatic carboxylic acids is 1. The molecular formula is C13H14N4O3.